The predicted molar refractivity (Wildman–Crippen MR) is 76.2 cm³/mol. The lowest BCUT2D eigenvalue weighted by molar-refractivity contribution is -0.126. The third-order valence-electron chi connectivity index (χ3n) is 3.84. The number of nitrogens with one attached hydrogen (secondary N) is 1. The molecule has 0 aromatic rings. The van der Waals surface area contributed by atoms with Crippen LogP contribution >= 0.6 is 0 Å². The van der Waals surface area contributed by atoms with E-state index in [-0.39, 0.29) is 11.8 Å². The number of nitrogens with two attached hydrogens (primary N) is 1. The third kappa shape index (κ3) is 5.85. The number of hydrogen-bond acceptors (Lipinski definition) is 2. The summed E-state index contributed by atoms with van der Waals surface area (Å²) >= 11 is 0. The van der Waals surface area contributed by atoms with E-state index >= 15 is 0 Å². The lowest BCUT2D eigenvalue weighted by Crippen LogP contribution is -2.39. The van der Waals surface area contributed by atoms with E-state index < -0.39 is 0 Å². The van der Waals surface area contributed by atoms with E-state index in [1.54, 1.807) is 0 Å². The summed E-state index contributed by atoms with van der Waals surface area (Å²) in [7, 11) is 0. The van der Waals surface area contributed by atoms with Crippen molar-refractivity contribution in [2.24, 2.45) is 17.6 Å². The monoisotopic (exact) mass is 254 g/mol. The van der Waals surface area contributed by atoms with E-state index in [1.807, 2.05) is 0 Å². The highest BCUT2D eigenvalue weighted by atomic mass is 16.1. The molecule has 3 N–H and O–H groups in total. The Hall–Kier alpha value is -0.570. The molecule has 1 rings (SSSR count). The van der Waals surface area contributed by atoms with Crippen LogP contribution in [-0.2, 0) is 4.79 Å². The van der Waals surface area contributed by atoms with Gasteiger partial charge in [0.15, 0.2) is 0 Å². The van der Waals surface area contributed by atoms with Gasteiger partial charge in [-0.25, -0.2) is 0 Å². The molecule has 106 valence electrons. The Bertz CT molecular complexity index is 233. The van der Waals surface area contributed by atoms with Crippen molar-refractivity contribution in [3.63, 3.8) is 0 Å². The molecular weight excluding hydrogens is 224 g/mol. The minimum absolute atomic E-state index is 0.109. The molecule has 1 saturated carbocycles. The van der Waals surface area contributed by atoms with Crippen molar-refractivity contribution in [3.8, 4) is 0 Å². The van der Waals surface area contributed by atoms with Crippen molar-refractivity contribution < 1.29 is 4.79 Å². The number of carbonyl (C=O) groups excluding carboxylic acids is 1. The molecule has 0 aliphatic heterocycles. The second kappa shape index (κ2) is 8.52. The largest absolute Gasteiger partial charge is 0.353 e. The lowest BCUT2D eigenvalue weighted by atomic mass is 9.92. The molecular formula is C15H30N2O. The van der Waals surface area contributed by atoms with Gasteiger partial charge >= 0.3 is 0 Å². The van der Waals surface area contributed by atoms with E-state index in [1.165, 1.54) is 25.7 Å². The van der Waals surface area contributed by atoms with Gasteiger partial charge in [0.1, 0.15) is 0 Å². The summed E-state index contributed by atoms with van der Waals surface area (Å²) < 4.78 is 0. The maximum atomic E-state index is 12.3. The van der Waals surface area contributed by atoms with Crippen LogP contribution in [0.5, 0.6) is 0 Å². The van der Waals surface area contributed by atoms with Crippen LogP contribution in [-0.4, -0.2) is 18.5 Å². The minimum atomic E-state index is 0.109. The Morgan fingerprint density at radius 1 is 1.22 bits per heavy atom. The zero-order valence-corrected chi connectivity index (χ0v) is 12.1. The summed E-state index contributed by atoms with van der Waals surface area (Å²) in [6.45, 7) is 4.94. The molecule has 0 heterocycles. The summed E-state index contributed by atoms with van der Waals surface area (Å²) in [4.78, 5) is 12.3. The summed E-state index contributed by atoms with van der Waals surface area (Å²) in [6, 6.07) is 0.410. The van der Waals surface area contributed by atoms with Gasteiger partial charge in [-0.15, -0.1) is 0 Å². The first-order chi connectivity index (χ1) is 8.63. The second-order valence-electron chi connectivity index (χ2n) is 6.10. The second-order valence-corrected chi connectivity index (χ2v) is 6.10. The predicted octanol–water partition coefficient (Wildman–Crippen LogP) is 2.84. The topological polar surface area (TPSA) is 55.1 Å². The van der Waals surface area contributed by atoms with Gasteiger partial charge in [0.2, 0.25) is 5.91 Å². The molecule has 1 aliphatic rings. The molecule has 18 heavy (non-hydrogen) atoms. The minimum Gasteiger partial charge on any atom is -0.353 e. The Morgan fingerprint density at radius 3 is 2.33 bits per heavy atom. The zero-order valence-electron chi connectivity index (χ0n) is 12.1. The van der Waals surface area contributed by atoms with E-state index in [9.17, 15) is 4.79 Å². The molecule has 1 amide bonds. The van der Waals surface area contributed by atoms with Crippen molar-refractivity contribution >= 4 is 5.91 Å². The number of hydrogen-bond donors (Lipinski definition) is 2. The van der Waals surface area contributed by atoms with Crippen LogP contribution < -0.4 is 11.1 Å². The fourth-order valence-corrected chi connectivity index (χ4v) is 2.87. The zero-order chi connectivity index (χ0) is 13.4. The first kappa shape index (κ1) is 15.5. The van der Waals surface area contributed by atoms with Crippen molar-refractivity contribution in [2.75, 3.05) is 6.54 Å². The van der Waals surface area contributed by atoms with E-state index in [0.717, 1.165) is 25.7 Å². The number of rotatable bonds is 6. The van der Waals surface area contributed by atoms with Crippen molar-refractivity contribution in [1.29, 1.82) is 0 Å². The maximum Gasteiger partial charge on any atom is 0.223 e. The number of amides is 1. The molecule has 0 aromatic heterocycles. The third-order valence-corrected chi connectivity index (χ3v) is 3.84. The number of carbonyl (C=O) groups is 1. The Morgan fingerprint density at radius 2 is 1.83 bits per heavy atom. The van der Waals surface area contributed by atoms with Crippen molar-refractivity contribution in [2.45, 2.75) is 71.3 Å². The van der Waals surface area contributed by atoms with Crippen LogP contribution in [0.4, 0.5) is 0 Å². The fraction of sp³-hybridized carbons (Fsp3) is 0.933. The van der Waals surface area contributed by atoms with Gasteiger partial charge in [0.05, 0.1) is 0 Å². The van der Waals surface area contributed by atoms with Gasteiger partial charge in [-0.2, -0.15) is 0 Å². The van der Waals surface area contributed by atoms with Crippen LogP contribution in [0.1, 0.15) is 65.2 Å². The first-order valence-corrected chi connectivity index (χ1v) is 7.64. The van der Waals surface area contributed by atoms with Crippen molar-refractivity contribution in [1.82, 2.24) is 5.32 Å². The highest BCUT2D eigenvalue weighted by Gasteiger charge is 2.22. The molecule has 0 aromatic carbocycles. The molecule has 0 spiro atoms. The molecule has 0 saturated heterocycles. The Balaban J connectivity index is 2.43. The standard InChI is InChI=1S/C15H30N2O/c1-12(2)11-13(9-10-16)15(18)17-14-7-5-3-4-6-8-14/h12-14H,3-11,16H2,1-2H3,(H,17,18). The molecule has 3 nitrogen and oxygen atoms in total. The summed E-state index contributed by atoms with van der Waals surface area (Å²) in [6.07, 6.45) is 9.25. The van der Waals surface area contributed by atoms with Gasteiger partial charge in [-0.05, 0) is 38.1 Å². The normalized spacial score (nSPS) is 19.6. The summed E-state index contributed by atoms with van der Waals surface area (Å²) in [5.41, 5.74) is 5.62. The van der Waals surface area contributed by atoms with Crippen molar-refractivity contribution in [3.05, 3.63) is 0 Å². The molecule has 0 radical (unpaired) electrons. The van der Waals surface area contributed by atoms with Crippen LogP contribution in [0.2, 0.25) is 0 Å². The molecule has 1 atom stereocenters. The smallest absolute Gasteiger partial charge is 0.223 e. The van der Waals surface area contributed by atoms with Crippen LogP contribution in [0.15, 0.2) is 0 Å². The Labute approximate surface area is 112 Å². The molecule has 1 unspecified atom stereocenters. The molecule has 0 bridgehead atoms. The highest BCUT2D eigenvalue weighted by molar-refractivity contribution is 5.78. The fourth-order valence-electron chi connectivity index (χ4n) is 2.87. The van der Waals surface area contributed by atoms with Gasteiger partial charge < -0.3 is 11.1 Å². The van der Waals surface area contributed by atoms with E-state index in [0.29, 0.717) is 18.5 Å². The van der Waals surface area contributed by atoms with Crippen LogP contribution in [0, 0.1) is 11.8 Å². The molecule has 1 fully saturated rings. The van der Waals surface area contributed by atoms with Gasteiger partial charge in [-0.1, -0.05) is 39.5 Å². The van der Waals surface area contributed by atoms with E-state index in [2.05, 4.69) is 19.2 Å². The van der Waals surface area contributed by atoms with Gasteiger partial charge in [0, 0.05) is 12.0 Å². The quantitative estimate of drug-likeness (QED) is 0.716. The van der Waals surface area contributed by atoms with Gasteiger partial charge in [0.25, 0.3) is 0 Å². The summed E-state index contributed by atoms with van der Waals surface area (Å²) in [5, 5.41) is 3.25. The average molecular weight is 254 g/mol. The van der Waals surface area contributed by atoms with Crippen LogP contribution in [0.3, 0.4) is 0 Å². The molecule has 3 heteroatoms. The Kier molecular flexibility index (Phi) is 7.33. The lowest BCUT2D eigenvalue weighted by Gasteiger charge is -2.22. The van der Waals surface area contributed by atoms with Gasteiger partial charge in [-0.3, -0.25) is 4.79 Å². The maximum absolute atomic E-state index is 12.3. The SMILES string of the molecule is CC(C)CC(CCN)C(=O)NC1CCCCCC1. The highest BCUT2D eigenvalue weighted by Crippen LogP contribution is 2.20. The first-order valence-electron chi connectivity index (χ1n) is 7.64. The average Bonchev–Trinajstić information content (AvgIpc) is 2.56. The van der Waals surface area contributed by atoms with Crippen LogP contribution in [0.25, 0.3) is 0 Å². The molecule has 1 aliphatic carbocycles. The van der Waals surface area contributed by atoms with E-state index in [4.69, 9.17) is 5.73 Å². The summed E-state index contributed by atoms with van der Waals surface area (Å²) in [5.74, 6) is 0.903.